The Bertz CT molecular complexity index is 1400. The largest absolute Gasteiger partial charge is 0.475 e. The van der Waals surface area contributed by atoms with E-state index in [4.69, 9.17) is 4.74 Å². The minimum absolute atomic E-state index is 0. The SMILES string of the molecule is Cc1cccc(C)c1-c1cc2nc(n1)NS(=O)(=O)c1cccc(c1)C(=O)N1CCN(C)C[C@@H]1CO2.Cl. The molecule has 5 rings (SSSR count). The Morgan fingerprint density at radius 2 is 1.75 bits per heavy atom. The van der Waals surface area contributed by atoms with E-state index in [1.807, 2.05) is 39.1 Å². The van der Waals surface area contributed by atoms with Crippen molar-refractivity contribution in [2.45, 2.75) is 24.8 Å². The molecule has 1 fully saturated rings. The van der Waals surface area contributed by atoms with Gasteiger partial charge in [-0.15, -0.1) is 12.4 Å². The number of nitrogens with one attached hydrogen (secondary N) is 1. The second-order valence-electron chi connectivity index (χ2n) is 9.04. The summed E-state index contributed by atoms with van der Waals surface area (Å²) in [7, 11) is -2.05. The highest BCUT2D eigenvalue weighted by molar-refractivity contribution is 7.92. The number of sulfonamides is 1. The Hall–Kier alpha value is -3.21. The van der Waals surface area contributed by atoms with Crippen molar-refractivity contribution in [1.82, 2.24) is 19.8 Å². The first-order valence-electron chi connectivity index (χ1n) is 11.4. The van der Waals surface area contributed by atoms with Gasteiger partial charge in [0.25, 0.3) is 15.9 Å². The molecule has 11 heteroatoms. The number of ether oxygens (including phenoxy) is 1. The van der Waals surface area contributed by atoms with Gasteiger partial charge in [0.05, 0.1) is 16.6 Å². The van der Waals surface area contributed by atoms with Crippen molar-refractivity contribution in [1.29, 1.82) is 0 Å². The van der Waals surface area contributed by atoms with Gasteiger partial charge in [-0.3, -0.25) is 4.79 Å². The van der Waals surface area contributed by atoms with Crippen LogP contribution >= 0.6 is 12.4 Å². The lowest BCUT2D eigenvalue weighted by atomic mass is 10.00. The zero-order chi connectivity index (χ0) is 24.7. The maximum absolute atomic E-state index is 13.4. The first kappa shape index (κ1) is 25.9. The summed E-state index contributed by atoms with van der Waals surface area (Å²) < 4.78 is 35.0. The molecule has 1 N–H and O–H groups in total. The van der Waals surface area contributed by atoms with Crippen LogP contribution in [0.3, 0.4) is 0 Å². The van der Waals surface area contributed by atoms with Gasteiger partial charge in [0, 0.05) is 36.8 Å². The molecule has 2 aromatic carbocycles. The molecule has 190 valence electrons. The number of hydrogen-bond acceptors (Lipinski definition) is 7. The number of likely N-dealkylation sites (N-methyl/N-ethyl adjacent to an activating group) is 1. The molecule has 0 unspecified atom stereocenters. The third-order valence-corrected chi connectivity index (χ3v) is 7.75. The Labute approximate surface area is 217 Å². The standard InChI is InChI=1S/C25H27N5O4S.ClH/c1-16-6-4-7-17(2)23(16)21-13-22-27-25(26-21)28-35(32,33)20-9-5-8-18(12-20)24(31)30-11-10-29(3)14-19(30)15-34-22;/h4-9,12-13,19H,10-11,14-15H2,1-3H3,(H,26,27,28);1H/t19-;/m1./s1. The molecular formula is C25H28ClN5O4S. The fourth-order valence-electron chi connectivity index (χ4n) is 4.63. The van der Waals surface area contributed by atoms with Crippen molar-refractivity contribution in [2.24, 2.45) is 0 Å². The van der Waals surface area contributed by atoms with E-state index in [0.717, 1.165) is 23.2 Å². The van der Waals surface area contributed by atoms with Crippen LogP contribution in [0.1, 0.15) is 21.5 Å². The van der Waals surface area contributed by atoms with Crippen molar-refractivity contribution in [2.75, 3.05) is 38.0 Å². The van der Waals surface area contributed by atoms with Gasteiger partial charge in [-0.2, -0.15) is 4.98 Å². The summed E-state index contributed by atoms with van der Waals surface area (Å²) in [6.45, 7) is 6.03. The van der Waals surface area contributed by atoms with Gasteiger partial charge in [-0.1, -0.05) is 24.3 Å². The Morgan fingerprint density at radius 3 is 2.50 bits per heavy atom. The average molecular weight is 530 g/mol. The van der Waals surface area contributed by atoms with Crippen molar-refractivity contribution in [3.05, 3.63) is 65.2 Å². The molecule has 3 heterocycles. The van der Waals surface area contributed by atoms with E-state index in [-0.39, 0.29) is 47.7 Å². The molecule has 2 aliphatic rings. The van der Waals surface area contributed by atoms with E-state index >= 15 is 0 Å². The van der Waals surface area contributed by atoms with Crippen LogP contribution < -0.4 is 9.46 Å². The second kappa shape index (κ2) is 10.0. The molecule has 1 amide bonds. The number of aryl methyl sites for hydroxylation is 2. The normalized spacial score (nSPS) is 19.4. The lowest BCUT2D eigenvalue weighted by molar-refractivity contribution is 0.0383. The molecule has 0 aliphatic carbocycles. The summed E-state index contributed by atoms with van der Waals surface area (Å²) in [5, 5.41) is 0. The number of carbonyl (C=O) groups is 1. The van der Waals surface area contributed by atoms with Crippen molar-refractivity contribution >= 4 is 34.3 Å². The lowest BCUT2D eigenvalue weighted by Gasteiger charge is -2.39. The van der Waals surface area contributed by atoms with Gasteiger partial charge in [-0.05, 0) is 50.2 Å². The number of rotatable bonds is 1. The number of anilines is 1. The van der Waals surface area contributed by atoms with E-state index in [9.17, 15) is 13.2 Å². The fourth-order valence-corrected chi connectivity index (χ4v) is 5.62. The molecule has 0 radical (unpaired) electrons. The van der Waals surface area contributed by atoms with E-state index in [1.54, 1.807) is 23.1 Å². The van der Waals surface area contributed by atoms with Crippen LogP contribution in [0.4, 0.5) is 5.95 Å². The van der Waals surface area contributed by atoms with Crippen LogP contribution in [0.15, 0.2) is 53.4 Å². The summed E-state index contributed by atoms with van der Waals surface area (Å²) in [6, 6.07) is 13.5. The summed E-state index contributed by atoms with van der Waals surface area (Å²) in [4.78, 5) is 26.1. The molecular weight excluding hydrogens is 502 g/mol. The van der Waals surface area contributed by atoms with Gasteiger partial charge in [0.2, 0.25) is 11.8 Å². The van der Waals surface area contributed by atoms with Gasteiger partial charge in [0.1, 0.15) is 6.61 Å². The average Bonchev–Trinajstić information content (AvgIpc) is 2.82. The summed E-state index contributed by atoms with van der Waals surface area (Å²) in [5.74, 6) is -0.0762. The van der Waals surface area contributed by atoms with Crippen LogP contribution in [0.5, 0.6) is 5.88 Å². The van der Waals surface area contributed by atoms with Gasteiger partial charge < -0.3 is 14.5 Å². The molecule has 2 aliphatic heterocycles. The minimum atomic E-state index is -4.05. The second-order valence-corrected chi connectivity index (χ2v) is 10.7. The molecule has 4 bridgehead atoms. The molecule has 36 heavy (non-hydrogen) atoms. The summed E-state index contributed by atoms with van der Waals surface area (Å²) in [6.07, 6.45) is 0. The van der Waals surface area contributed by atoms with E-state index in [2.05, 4.69) is 19.6 Å². The van der Waals surface area contributed by atoms with Gasteiger partial charge in [-0.25, -0.2) is 18.1 Å². The molecule has 3 aromatic rings. The molecule has 1 saturated heterocycles. The van der Waals surface area contributed by atoms with Gasteiger partial charge >= 0.3 is 0 Å². The van der Waals surface area contributed by atoms with Crippen LogP contribution in [0.25, 0.3) is 11.3 Å². The number of piperazine rings is 1. The Balaban J connectivity index is 0.00000304. The third kappa shape index (κ3) is 5.02. The minimum Gasteiger partial charge on any atom is -0.475 e. The monoisotopic (exact) mass is 529 g/mol. The molecule has 0 spiro atoms. The number of amides is 1. The zero-order valence-corrected chi connectivity index (χ0v) is 21.9. The van der Waals surface area contributed by atoms with Crippen LogP contribution in [-0.2, 0) is 10.0 Å². The number of fused-ring (bicyclic) bond motifs is 5. The zero-order valence-electron chi connectivity index (χ0n) is 20.3. The maximum atomic E-state index is 13.4. The molecule has 1 atom stereocenters. The van der Waals surface area contributed by atoms with Crippen molar-refractivity contribution in [3.63, 3.8) is 0 Å². The number of hydrogen-bond donors (Lipinski definition) is 1. The number of benzene rings is 2. The lowest BCUT2D eigenvalue weighted by Crippen LogP contribution is -2.56. The first-order chi connectivity index (χ1) is 16.7. The summed E-state index contributed by atoms with van der Waals surface area (Å²) in [5.41, 5.74) is 3.76. The van der Waals surface area contributed by atoms with E-state index in [1.165, 1.54) is 12.1 Å². The molecule has 0 saturated carbocycles. The number of nitrogens with zero attached hydrogens (tertiary/aromatic N) is 4. The van der Waals surface area contributed by atoms with Gasteiger partial charge in [0.15, 0.2) is 0 Å². The van der Waals surface area contributed by atoms with Crippen molar-refractivity contribution < 1.29 is 17.9 Å². The number of carbonyl (C=O) groups excluding carboxylic acids is 1. The first-order valence-corrected chi connectivity index (χ1v) is 12.9. The highest BCUT2D eigenvalue weighted by Gasteiger charge is 2.31. The quantitative estimate of drug-likeness (QED) is 0.516. The maximum Gasteiger partial charge on any atom is 0.264 e. The van der Waals surface area contributed by atoms with Crippen molar-refractivity contribution in [3.8, 4) is 17.1 Å². The third-order valence-electron chi connectivity index (χ3n) is 6.43. The smallest absolute Gasteiger partial charge is 0.264 e. The number of aromatic nitrogens is 2. The molecule has 1 aromatic heterocycles. The van der Waals surface area contributed by atoms with Crippen LogP contribution in [0.2, 0.25) is 0 Å². The number of halogens is 1. The predicted octanol–water partition coefficient (Wildman–Crippen LogP) is 3.13. The van der Waals surface area contributed by atoms with E-state index < -0.39 is 10.0 Å². The highest BCUT2D eigenvalue weighted by Crippen LogP contribution is 2.30. The predicted molar refractivity (Wildman–Crippen MR) is 139 cm³/mol. The topological polar surface area (TPSA) is 105 Å². The highest BCUT2D eigenvalue weighted by atomic mass is 35.5. The summed E-state index contributed by atoms with van der Waals surface area (Å²) >= 11 is 0. The Kier molecular flexibility index (Phi) is 7.21. The fraction of sp³-hybridized carbons (Fsp3) is 0.320. The van der Waals surface area contributed by atoms with E-state index in [0.29, 0.717) is 24.3 Å². The molecule has 9 nitrogen and oxygen atoms in total. The van der Waals surface area contributed by atoms with Crippen LogP contribution in [-0.4, -0.2) is 73.4 Å². The van der Waals surface area contributed by atoms with Crippen LogP contribution in [0, 0.1) is 13.8 Å². The Morgan fingerprint density at radius 1 is 1.03 bits per heavy atom.